The summed E-state index contributed by atoms with van der Waals surface area (Å²) in [5, 5.41) is 3.95. The number of aryl methyl sites for hydroxylation is 4. The zero-order valence-electron chi connectivity index (χ0n) is 16.9. The summed E-state index contributed by atoms with van der Waals surface area (Å²) in [6.45, 7) is 9.47. The quantitative estimate of drug-likeness (QED) is 0.672. The molecule has 3 rings (SSSR count). The third kappa shape index (κ3) is 3.62. The molecular formula is C21H24N2O4S. The Kier molecular flexibility index (Phi) is 5.21. The van der Waals surface area contributed by atoms with Crippen molar-refractivity contribution in [2.45, 2.75) is 39.5 Å². The van der Waals surface area contributed by atoms with Gasteiger partial charge in [-0.25, -0.2) is 8.42 Å². The molecule has 0 radical (unpaired) electrons. The van der Waals surface area contributed by atoms with Gasteiger partial charge in [0.2, 0.25) is 0 Å². The normalized spacial score (nSPS) is 11.5. The number of nitrogens with zero attached hydrogens (tertiary/aromatic N) is 1. The van der Waals surface area contributed by atoms with Crippen LogP contribution in [0.15, 0.2) is 39.8 Å². The lowest BCUT2D eigenvalue weighted by Crippen LogP contribution is -2.16. The second-order valence-electron chi connectivity index (χ2n) is 6.97. The van der Waals surface area contributed by atoms with Crippen molar-refractivity contribution in [1.29, 1.82) is 0 Å². The zero-order valence-corrected chi connectivity index (χ0v) is 17.7. The molecule has 148 valence electrons. The summed E-state index contributed by atoms with van der Waals surface area (Å²) in [4.78, 5) is 0.0420. The van der Waals surface area contributed by atoms with E-state index in [0.29, 0.717) is 17.0 Å². The van der Waals surface area contributed by atoms with E-state index >= 15 is 0 Å². The number of methoxy groups -OCH3 is 1. The Morgan fingerprint density at radius 1 is 1.00 bits per heavy atom. The first-order chi connectivity index (χ1) is 13.1. The number of benzene rings is 2. The zero-order chi connectivity index (χ0) is 20.6. The first-order valence-corrected chi connectivity index (χ1v) is 10.3. The molecule has 0 bridgehead atoms. The van der Waals surface area contributed by atoms with Crippen molar-refractivity contribution in [3.05, 3.63) is 58.3 Å². The van der Waals surface area contributed by atoms with Crippen molar-refractivity contribution in [3.63, 3.8) is 0 Å². The Balaban J connectivity index is 2.11. The molecule has 0 aliphatic carbocycles. The van der Waals surface area contributed by atoms with E-state index in [-0.39, 0.29) is 10.6 Å². The van der Waals surface area contributed by atoms with Gasteiger partial charge < -0.3 is 9.26 Å². The van der Waals surface area contributed by atoms with Gasteiger partial charge in [0.25, 0.3) is 10.0 Å². The number of hydrogen-bond donors (Lipinski definition) is 1. The van der Waals surface area contributed by atoms with Crippen LogP contribution in [0, 0.1) is 34.6 Å². The summed E-state index contributed by atoms with van der Waals surface area (Å²) in [7, 11) is -2.44. The summed E-state index contributed by atoms with van der Waals surface area (Å²) in [6, 6.07) is 8.81. The molecular weight excluding hydrogens is 376 g/mol. The molecule has 0 saturated carbocycles. The van der Waals surface area contributed by atoms with Gasteiger partial charge in [-0.2, -0.15) is 0 Å². The van der Waals surface area contributed by atoms with Crippen molar-refractivity contribution >= 4 is 15.7 Å². The number of ether oxygens (including phenoxy) is 1. The lowest BCUT2D eigenvalue weighted by molar-refractivity contribution is 0.402. The fraction of sp³-hybridized carbons (Fsp3) is 0.286. The van der Waals surface area contributed by atoms with E-state index in [1.165, 1.54) is 7.11 Å². The number of hydrogen-bond acceptors (Lipinski definition) is 5. The molecule has 0 atom stereocenters. The second kappa shape index (κ2) is 7.31. The Morgan fingerprint density at radius 2 is 1.64 bits per heavy atom. The van der Waals surface area contributed by atoms with Gasteiger partial charge >= 0.3 is 0 Å². The number of nitrogens with one attached hydrogen (secondary N) is 1. The Bertz CT molecular complexity index is 1120. The van der Waals surface area contributed by atoms with Crippen LogP contribution >= 0.6 is 0 Å². The van der Waals surface area contributed by atoms with Crippen LogP contribution in [0.5, 0.6) is 5.75 Å². The molecule has 2 aromatic carbocycles. The van der Waals surface area contributed by atoms with Gasteiger partial charge in [0.15, 0.2) is 5.76 Å². The number of rotatable bonds is 5. The van der Waals surface area contributed by atoms with Gasteiger partial charge in [0.05, 0.1) is 18.5 Å². The Morgan fingerprint density at radius 3 is 2.18 bits per heavy atom. The van der Waals surface area contributed by atoms with Crippen LogP contribution in [0.4, 0.5) is 5.69 Å². The third-order valence-corrected chi connectivity index (χ3v) is 6.16. The Hall–Kier alpha value is -2.80. The lowest BCUT2D eigenvalue weighted by atomic mass is 10.1. The molecule has 0 unspecified atom stereocenters. The van der Waals surface area contributed by atoms with Gasteiger partial charge in [0, 0.05) is 11.1 Å². The maximum Gasteiger partial charge on any atom is 0.265 e. The number of sulfonamides is 1. The summed E-state index contributed by atoms with van der Waals surface area (Å²) >= 11 is 0. The van der Waals surface area contributed by atoms with Gasteiger partial charge in [-0.15, -0.1) is 0 Å². The summed E-state index contributed by atoms with van der Waals surface area (Å²) < 4.78 is 39.8. The summed E-state index contributed by atoms with van der Waals surface area (Å²) in [5.41, 5.74) is 5.62. The molecule has 0 aliphatic rings. The largest absolute Gasteiger partial charge is 0.495 e. The topological polar surface area (TPSA) is 81.4 Å². The molecule has 3 aromatic rings. The van der Waals surface area contributed by atoms with Crippen LogP contribution in [0.25, 0.3) is 11.3 Å². The van der Waals surface area contributed by atoms with Crippen molar-refractivity contribution < 1.29 is 17.7 Å². The minimum Gasteiger partial charge on any atom is -0.495 e. The summed E-state index contributed by atoms with van der Waals surface area (Å²) in [6.07, 6.45) is 0. The predicted molar refractivity (Wildman–Crippen MR) is 109 cm³/mol. The maximum absolute atomic E-state index is 13.2. The molecule has 0 fully saturated rings. The van der Waals surface area contributed by atoms with Crippen molar-refractivity contribution in [3.8, 4) is 17.1 Å². The van der Waals surface area contributed by atoms with Crippen LogP contribution in [0.3, 0.4) is 0 Å². The highest BCUT2D eigenvalue weighted by atomic mass is 32.2. The minimum atomic E-state index is -3.89. The van der Waals surface area contributed by atoms with E-state index in [4.69, 9.17) is 9.26 Å². The molecule has 1 N–H and O–H groups in total. The lowest BCUT2D eigenvalue weighted by Gasteiger charge is -2.16. The molecule has 28 heavy (non-hydrogen) atoms. The smallest absolute Gasteiger partial charge is 0.265 e. The van der Waals surface area contributed by atoms with Crippen LogP contribution in [-0.4, -0.2) is 20.7 Å². The predicted octanol–water partition coefficient (Wildman–Crippen LogP) is 4.69. The van der Waals surface area contributed by atoms with E-state index < -0.39 is 10.0 Å². The molecule has 0 amide bonds. The van der Waals surface area contributed by atoms with Crippen molar-refractivity contribution in [2.24, 2.45) is 0 Å². The molecule has 0 aliphatic heterocycles. The van der Waals surface area contributed by atoms with E-state index in [1.807, 2.05) is 46.8 Å². The minimum absolute atomic E-state index is 0.0420. The fourth-order valence-electron chi connectivity index (χ4n) is 3.24. The van der Waals surface area contributed by atoms with Gasteiger partial charge in [-0.05, 0) is 63.9 Å². The molecule has 7 heteroatoms. The van der Waals surface area contributed by atoms with E-state index in [0.717, 1.165) is 27.9 Å². The van der Waals surface area contributed by atoms with Gasteiger partial charge in [-0.3, -0.25) is 4.72 Å². The highest BCUT2D eigenvalue weighted by Crippen LogP contribution is 2.34. The molecule has 0 spiro atoms. The highest BCUT2D eigenvalue weighted by molar-refractivity contribution is 7.92. The van der Waals surface area contributed by atoms with E-state index in [1.54, 1.807) is 18.2 Å². The fourth-order valence-corrected chi connectivity index (χ4v) is 4.64. The summed E-state index contributed by atoms with van der Waals surface area (Å²) in [5.74, 6) is 0.798. The highest BCUT2D eigenvalue weighted by Gasteiger charge is 2.23. The van der Waals surface area contributed by atoms with Gasteiger partial charge in [0.1, 0.15) is 10.6 Å². The first-order valence-electron chi connectivity index (χ1n) is 8.86. The maximum atomic E-state index is 13.2. The number of aromatic nitrogens is 1. The SMILES string of the molecule is COc1ccc(-c2onc(C)c2C)cc1S(=O)(=O)Nc1c(C)cc(C)cc1C. The number of anilines is 1. The average Bonchev–Trinajstić information content (AvgIpc) is 2.96. The van der Waals surface area contributed by atoms with Crippen molar-refractivity contribution in [1.82, 2.24) is 5.16 Å². The molecule has 1 aromatic heterocycles. The van der Waals surface area contributed by atoms with E-state index in [2.05, 4.69) is 9.88 Å². The molecule has 6 nitrogen and oxygen atoms in total. The van der Waals surface area contributed by atoms with Crippen LogP contribution in [0.1, 0.15) is 27.9 Å². The van der Waals surface area contributed by atoms with Gasteiger partial charge in [-0.1, -0.05) is 22.9 Å². The standard InChI is InChI=1S/C21H24N2O4S/c1-12-9-13(2)20(14(3)10-12)23-28(24,25)19-11-17(7-8-18(19)26-6)21-15(4)16(5)22-27-21/h7-11,23H,1-6H3. The van der Waals surface area contributed by atoms with Crippen LogP contribution < -0.4 is 9.46 Å². The third-order valence-electron chi connectivity index (χ3n) is 4.79. The molecule has 0 saturated heterocycles. The molecule has 1 heterocycles. The Labute approximate surface area is 165 Å². The van der Waals surface area contributed by atoms with Crippen molar-refractivity contribution in [2.75, 3.05) is 11.8 Å². The van der Waals surface area contributed by atoms with Crippen LogP contribution in [0.2, 0.25) is 0 Å². The monoisotopic (exact) mass is 400 g/mol. The van der Waals surface area contributed by atoms with Crippen LogP contribution in [-0.2, 0) is 10.0 Å². The van der Waals surface area contributed by atoms with E-state index in [9.17, 15) is 8.42 Å². The average molecular weight is 401 g/mol. The second-order valence-corrected chi connectivity index (χ2v) is 8.62. The first kappa shape index (κ1) is 19.9.